The van der Waals surface area contributed by atoms with E-state index < -0.39 is 11.5 Å². The fraction of sp³-hybridized carbons (Fsp3) is 0.519. The van der Waals surface area contributed by atoms with Crippen molar-refractivity contribution in [2.45, 2.75) is 77.9 Å². The van der Waals surface area contributed by atoms with E-state index >= 15 is 0 Å². The molecule has 6 nitrogen and oxygen atoms in total. The maximum atomic E-state index is 12.9. The number of aromatic nitrogens is 1. The first kappa shape index (κ1) is 23.4. The Kier molecular flexibility index (Phi) is 6.84. The second-order valence-electron chi connectivity index (χ2n) is 10.5. The lowest BCUT2D eigenvalue weighted by atomic mass is 9.75. The molecule has 1 aromatic heterocycles. The van der Waals surface area contributed by atoms with E-state index in [1.165, 1.54) is 43.7 Å². The zero-order valence-electron chi connectivity index (χ0n) is 20.0. The molecular weight excluding hydrogens is 414 g/mol. The highest BCUT2D eigenvalue weighted by atomic mass is 16.2. The van der Waals surface area contributed by atoms with Gasteiger partial charge in [0.05, 0.1) is 0 Å². The molecule has 0 spiro atoms. The van der Waals surface area contributed by atoms with Gasteiger partial charge in [-0.1, -0.05) is 57.4 Å². The Balaban J connectivity index is 1.46. The van der Waals surface area contributed by atoms with Crippen LogP contribution in [0.1, 0.15) is 89.9 Å². The van der Waals surface area contributed by atoms with E-state index in [0.29, 0.717) is 36.7 Å². The first-order chi connectivity index (χ1) is 15.7. The number of fused-ring (bicyclic) bond motifs is 1. The van der Waals surface area contributed by atoms with Crippen molar-refractivity contribution >= 4 is 11.7 Å². The van der Waals surface area contributed by atoms with Crippen LogP contribution in [-0.2, 0) is 19.5 Å². The number of carbonyl (C=O) groups is 2. The predicted molar refractivity (Wildman–Crippen MR) is 129 cm³/mol. The molecule has 2 N–H and O–H groups in total. The number of rotatable bonds is 6. The summed E-state index contributed by atoms with van der Waals surface area (Å²) in [5, 5.41) is 2.90. The largest absolute Gasteiger partial charge is 0.348 e. The molecule has 33 heavy (non-hydrogen) atoms. The van der Waals surface area contributed by atoms with Gasteiger partial charge in [0.15, 0.2) is 5.78 Å². The minimum Gasteiger partial charge on any atom is -0.348 e. The number of amides is 1. The first-order valence-corrected chi connectivity index (χ1v) is 12.1. The summed E-state index contributed by atoms with van der Waals surface area (Å²) in [5.41, 5.74) is 2.69. The third-order valence-electron chi connectivity index (χ3n) is 7.14. The van der Waals surface area contributed by atoms with Crippen LogP contribution in [0.3, 0.4) is 0 Å². The minimum atomic E-state index is -0.452. The van der Waals surface area contributed by atoms with Crippen molar-refractivity contribution in [3.05, 3.63) is 68.6 Å². The number of ketones is 1. The number of H-pyrrole nitrogens is 1. The van der Waals surface area contributed by atoms with E-state index in [1.807, 2.05) is 32.0 Å². The van der Waals surface area contributed by atoms with Gasteiger partial charge in [-0.2, -0.15) is 0 Å². The number of nitrogens with one attached hydrogen (secondary N) is 2. The van der Waals surface area contributed by atoms with Crippen molar-refractivity contribution in [3.8, 4) is 0 Å². The lowest BCUT2D eigenvalue weighted by Crippen LogP contribution is -2.35. The first-order valence-electron chi connectivity index (χ1n) is 12.1. The normalized spacial score (nSPS) is 18.2. The summed E-state index contributed by atoms with van der Waals surface area (Å²) < 4.78 is 0. The molecule has 0 bridgehead atoms. The van der Waals surface area contributed by atoms with Gasteiger partial charge in [0.2, 0.25) is 0 Å². The van der Waals surface area contributed by atoms with Crippen LogP contribution in [0.2, 0.25) is 0 Å². The number of aromatic amines is 1. The zero-order chi connectivity index (χ0) is 23.6. The monoisotopic (exact) mass is 449 g/mol. The number of hydrogen-bond acceptors (Lipinski definition) is 4. The van der Waals surface area contributed by atoms with Gasteiger partial charge in [-0.15, -0.1) is 0 Å². The maximum absolute atomic E-state index is 12.9. The van der Waals surface area contributed by atoms with Crippen LogP contribution in [0.15, 0.2) is 35.1 Å². The molecular formula is C27H35N3O3. The fourth-order valence-electron chi connectivity index (χ4n) is 5.27. The van der Waals surface area contributed by atoms with E-state index in [2.05, 4.69) is 28.3 Å². The van der Waals surface area contributed by atoms with Crippen molar-refractivity contribution in [3.63, 3.8) is 0 Å². The Hall–Kier alpha value is -2.73. The SMILES string of the molecule is CN(Cc1ccccc1CNC(=O)c1cc2c([nH]c1=O)CC(C)(C)CC2=O)C1CCCCC1. The van der Waals surface area contributed by atoms with E-state index in [9.17, 15) is 14.4 Å². The van der Waals surface area contributed by atoms with Gasteiger partial charge in [0.25, 0.3) is 11.5 Å². The smallest absolute Gasteiger partial charge is 0.261 e. The number of carbonyl (C=O) groups excluding carboxylic acids is 2. The van der Waals surface area contributed by atoms with Crippen LogP contribution in [0, 0.1) is 5.41 Å². The number of Topliss-reactive ketones (excluding diaryl/α,β-unsaturated/α-hetero) is 1. The Morgan fingerprint density at radius 3 is 2.52 bits per heavy atom. The molecule has 4 rings (SSSR count). The molecule has 0 aliphatic heterocycles. The Labute approximate surface area is 195 Å². The standard InChI is InChI=1S/C27H35N3O3/c1-27(2)14-23-21(24(31)15-27)13-22(26(33)29-23)25(32)28-16-18-9-7-8-10-19(18)17-30(3)20-11-5-4-6-12-20/h7-10,13,20H,4-6,11-12,14-17H2,1-3H3,(H,28,32)(H,29,33). The quantitative estimate of drug-likeness (QED) is 0.692. The van der Waals surface area contributed by atoms with Crippen molar-refractivity contribution in [1.82, 2.24) is 15.2 Å². The molecule has 1 amide bonds. The van der Waals surface area contributed by atoms with Crippen LogP contribution in [-0.4, -0.2) is 34.7 Å². The molecule has 1 fully saturated rings. The Morgan fingerprint density at radius 2 is 1.79 bits per heavy atom. The minimum absolute atomic E-state index is 0.00129. The van der Waals surface area contributed by atoms with E-state index in [1.54, 1.807) is 0 Å². The summed E-state index contributed by atoms with van der Waals surface area (Å²) in [6.07, 6.45) is 7.43. The van der Waals surface area contributed by atoms with Crippen LogP contribution >= 0.6 is 0 Å². The lowest BCUT2D eigenvalue weighted by Gasteiger charge is -2.31. The molecule has 2 aliphatic rings. The van der Waals surface area contributed by atoms with Gasteiger partial charge in [-0.3, -0.25) is 19.3 Å². The summed E-state index contributed by atoms with van der Waals surface area (Å²) >= 11 is 0. The van der Waals surface area contributed by atoms with E-state index in [4.69, 9.17) is 0 Å². The number of pyridine rings is 1. The third-order valence-corrected chi connectivity index (χ3v) is 7.14. The molecule has 0 radical (unpaired) electrons. The summed E-state index contributed by atoms with van der Waals surface area (Å²) in [5.74, 6) is -0.477. The number of nitrogens with zero attached hydrogens (tertiary/aromatic N) is 1. The summed E-state index contributed by atoms with van der Waals surface area (Å²) in [7, 11) is 2.18. The van der Waals surface area contributed by atoms with Gasteiger partial charge in [-0.25, -0.2) is 0 Å². The van der Waals surface area contributed by atoms with Crippen LogP contribution in [0.5, 0.6) is 0 Å². The topological polar surface area (TPSA) is 82.3 Å². The second-order valence-corrected chi connectivity index (χ2v) is 10.5. The fourth-order valence-corrected chi connectivity index (χ4v) is 5.27. The van der Waals surface area contributed by atoms with Crippen molar-refractivity contribution in [1.29, 1.82) is 0 Å². The number of benzene rings is 1. The van der Waals surface area contributed by atoms with E-state index in [0.717, 1.165) is 12.1 Å². The van der Waals surface area contributed by atoms with Gasteiger partial charge in [-0.05, 0) is 48.9 Å². The summed E-state index contributed by atoms with van der Waals surface area (Å²) in [4.78, 5) is 43.3. The molecule has 1 saturated carbocycles. The Bertz CT molecular complexity index is 1100. The van der Waals surface area contributed by atoms with Crippen molar-refractivity contribution in [2.24, 2.45) is 5.41 Å². The van der Waals surface area contributed by atoms with Crippen LogP contribution in [0.25, 0.3) is 0 Å². The van der Waals surface area contributed by atoms with Gasteiger partial charge < -0.3 is 10.3 Å². The van der Waals surface area contributed by atoms with Crippen LogP contribution in [0.4, 0.5) is 0 Å². The van der Waals surface area contributed by atoms with Gasteiger partial charge in [0.1, 0.15) is 5.56 Å². The average molecular weight is 450 g/mol. The Morgan fingerprint density at radius 1 is 1.09 bits per heavy atom. The molecule has 176 valence electrons. The average Bonchev–Trinajstić information content (AvgIpc) is 2.77. The molecule has 0 atom stereocenters. The molecule has 1 heterocycles. The predicted octanol–water partition coefficient (Wildman–Crippen LogP) is 4.22. The van der Waals surface area contributed by atoms with Gasteiger partial charge >= 0.3 is 0 Å². The van der Waals surface area contributed by atoms with Crippen molar-refractivity contribution < 1.29 is 9.59 Å². The van der Waals surface area contributed by atoms with Crippen molar-refractivity contribution in [2.75, 3.05) is 7.05 Å². The van der Waals surface area contributed by atoms with Crippen LogP contribution < -0.4 is 10.9 Å². The molecule has 0 saturated heterocycles. The highest BCUT2D eigenvalue weighted by Crippen LogP contribution is 2.33. The summed E-state index contributed by atoms with van der Waals surface area (Å²) in [6.45, 7) is 5.19. The summed E-state index contributed by atoms with van der Waals surface area (Å²) in [6, 6.07) is 10.2. The highest BCUT2D eigenvalue weighted by molar-refractivity contribution is 6.02. The maximum Gasteiger partial charge on any atom is 0.261 e. The molecule has 2 aromatic rings. The zero-order valence-corrected chi connectivity index (χ0v) is 20.0. The van der Waals surface area contributed by atoms with Gasteiger partial charge in [0, 0.05) is 36.8 Å². The number of hydrogen-bond donors (Lipinski definition) is 2. The van der Waals surface area contributed by atoms with E-state index in [-0.39, 0.29) is 16.8 Å². The second kappa shape index (κ2) is 9.64. The lowest BCUT2D eigenvalue weighted by molar-refractivity contribution is 0.0910. The molecule has 1 aromatic carbocycles. The molecule has 2 aliphatic carbocycles. The molecule has 0 unspecified atom stereocenters. The highest BCUT2D eigenvalue weighted by Gasteiger charge is 2.32. The third kappa shape index (κ3) is 5.44. The molecule has 6 heteroatoms.